The van der Waals surface area contributed by atoms with Crippen molar-refractivity contribution in [2.24, 2.45) is 5.73 Å². The first-order chi connectivity index (χ1) is 8.29. The number of carbonyl (C=O) groups excluding carboxylic acids is 1. The standard InChI is InChI=1S/C15H21NO/c16-9-2-1-6-15(17)11-12-7-8-13-4-3-5-14(13)10-12/h7-8,10H,1-6,9,11,16H2. The summed E-state index contributed by atoms with van der Waals surface area (Å²) in [6, 6.07) is 6.54. The van der Waals surface area contributed by atoms with Crippen LogP contribution in [0, 0.1) is 0 Å². The maximum Gasteiger partial charge on any atom is 0.137 e. The highest BCUT2D eigenvalue weighted by Crippen LogP contribution is 2.23. The lowest BCUT2D eigenvalue weighted by atomic mass is 10.0. The zero-order valence-electron chi connectivity index (χ0n) is 10.4. The number of Topliss-reactive ketones (excluding diaryl/α,β-unsaturated/α-hetero) is 1. The molecule has 0 spiro atoms. The minimum atomic E-state index is 0.344. The summed E-state index contributed by atoms with van der Waals surface area (Å²) in [5.41, 5.74) is 9.53. The molecule has 0 radical (unpaired) electrons. The first kappa shape index (κ1) is 12.3. The van der Waals surface area contributed by atoms with Crippen LogP contribution in [0.4, 0.5) is 0 Å². The fraction of sp³-hybridized carbons (Fsp3) is 0.533. The summed E-state index contributed by atoms with van der Waals surface area (Å²) in [5, 5.41) is 0. The Bertz CT molecular complexity index is 398. The van der Waals surface area contributed by atoms with Crippen LogP contribution in [0.15, 0.2) is 18.2 Å². The molecule has 0 bridgehead atoms. The molecule has 2 rings (SSSR count). The van der Waals surface area contributed by atoms with Gasteiger partial charge in [0, 0.05) is 12.8 Å². The number of rotatable bonds is 6. The summed E-state index contributed by atoms with van der Waals surface area (Å²) >= 11 is 0. The number of benzene rings is 1. The fourth-order valence-corrected chi connectivity index (χ4v) is 2.52. The second kappa shape index (κ2) is 5.97. The van der Waals surface area contributed by atoms with Crippen LogP contribution in [0.2, 0.25) is 0 Å². The molecule has 0 saturated heterocycles. The van der Waals surface area contributed by atoms with Gasteiger partial charge in [-0.05, 0) is 55.3 Å². The van der Waals surface area contributed by atoms with Crippen molar-refractivity contribution in [1.29, 1.82) is 0 Å². The third-order valence-electron chi connectivity index (χ3n) is 3.47. The van der Waals surface area contributed by atoms with E-state index in [0.29, 0.717) is 25.2 Å². The number of nitrogens with two attached hydrogens (primary N) is 1. The second-order valence-corrected chi connectivity index (χ2v) is 4.92. The van der Waals surface area contributed by atoms with Gasteiger partial charge in [0.2, 0.25) is 0 Å². The number of hydrogen-bond acceptors (Lipinski definition) is 2. The molecular weight excluding hydrogens is 210 g/mol. The Morgan fingerprint density at radius 3 is 2.82 bits per heavy atom. The Morgan fingerprint density at radius 1 is 1.18 bits per heavy atom. The summed E-state index contributed by atoms with van der Waals surface area (Å²) in [6.45, 7) is 0.687. The summed E-state index contributed by atoms with van der Waals surface area (Å²) in [4.78, 5) is 11.7. The van der Waals surface area contributed by atoms with Crippen molar-refractivity contribution in [2.75, 3.05) is 6.54 Å². The van der Waals surface area contributed by atoms with Gasteiger partial charge in [0.1, 0.15) is 5.78 Å². The van der Waals surface area contributed by atoms with Crippen molar-refractivity contribution in [3.63, 3.8) is 0 Å². The molecule has 1 aliphatic carbocycles. The van der Waals surface area contributed by atoms with Crippen LogP contribution in [-0.2, 0) is 24.1 Å². The number of aryl methyl sites for hydroxylation is 2. The third-order valence-corrected chi connectivity index (χ3v) is 3.47. The Morgan fingerprint density at radius 2 is 2.00 bits per heavy atom. The third kappa shape index (κ3) is 3.40. The minimum Gasteiger partial charge on any atom is -0.330 e. The van der Waals surface area contributed by atoms with Gasteiger partial charge in [-0.25, -0.2) is 0 Å². The number of unbranched alkanes of at least 4 members (excludes halogenated alkanes) is 1. The highest BCUT2D eigenvalue weighted by atomic mass is 16.1. The van der Waals surface area contributed by atoms with E-state index < -0.39 is 0 Å². The van der Waals surface area contributed by atoms with E-state index in [4.69, 9.17) is 5.73 Å². The molecule has 0 amide bonds. The topological polar surface area (TPSA) is 43.1 Å². The average molecular weight is 231 g/mol. The summed E-state index contributed by atoms with van der Waals surface area (Å²) in [7, 11) is 0. The van der Waals surface area contributed by atoms with E-state index in [-0.39, 0.29) is 0 Å². The van der Waals surface area contributed by atoms with E-state index in [1.54, 1.807) is 0 Å². The van der Waals surface area contributed by atoms with Crippen LogP contribution in [0.3, 0.4) is 0 Å². The highest BCUT2D eigenvalue weighted by Gasteiger charge is 2.11. The van der Waals surface area contributed by atoms with Crippen molar-refractivity contribution >= 4 is 5.78 Å². The van der Waals surface area contributed by atoms with E-state index >= 15 is 0 Å². The van der Waals surface area contributed by atoms with E-state index in [9.17, 15) is 4.79 Å². The van der Waals surface area contributed by atoms with E-state index in [0.717, 1.165) is 12.8 Å². The molecule has 0 unspecified atom stereocenters. The highest BCUT2D eigenvalue weighted by molar-refractivity contribution is 5.80. The minimum absolute atomic E-state index is 0.344. The van der Waals surface area contributed by atoms with Gasteiger partial charge in [0.25, 0.3) is 0 Å². The monoisotopic (exact) mass is 231 g/mol. The summed E-state index contributed by atoms with van der Waals surface area (Å²) in [6.07, 6.45) is 6.82. The van der Waals surface area contributed by atoms with Crippen LogP contribution < -0.4 is 5.73 Å². The van der Waals surface area contributed by atoms with Crippen molar-refractivity contribution < 1.29 is 4.79 Å². The normalized spacial score (nSPS) is 13.7. The number of carbonyl (C=O) groups is 1. The summed E-state index contributed by atoms with van der Waals surface area (Å²) in [5.74, 6) is 0.344. The molecule has 0 aromatic heterocycles. The molecule has 2 nitrogen and oxygen atoms in total. The van der Waals surface area contributed by atoms with E-state index in [1.165, 1.54) is 36.0 Å². The van der Waals surface area contributed by atoms with Crippen molar-refractivity contribution in [3.05, 3.63) is 34.9 Å². The molecule has 92 valence electrons. The first-order valence-corrected chi connectivity index (χ1v) is 6.62. The zero-order chi connectivity index (χ0) is 12.1. The Hall–Kier alpha value is -1.15. The zero-order valence-corrected chi connectivity index (χ0v) is 10.4. The Balaban J connectivity index is 1.88. The predicted octanol–water partition coefficient (Wildman–Crippen LogP) is 2.42. The number of fused-ring (bicyclic) bond motifs is 1. The fourth-order valence-electron chi connectivity index (χ4n) is 2.52. The van der Waals surface area contributed by atoms with Crippen molar-refractivity contribution in [2.45, 2.75) is 44.9 Å². The van der Waals surface area contributed by atoms with Gasteiger partial charge in [-0.1, -0.05) is 18.2 Å². The van der Waals surface area contributed by atoms with Crippen LogP contribution in [0.25, 0.3) is 0 Å². The van der Waals surface area contributed by atoms with Gasteiger partial charge < -0.3 is 5.73 Å². The van der Waals surface area contributed by atoms with Crippen LogP contribution in [0.5, 0.6) is 0 Å². The molecule has 0 heterocycles. The Labute approximate surface area is 103 Å². The van der Waals surface area contributed by atoms with Crippen LogP contribution in [0.1, 0.15) is 42.4 Å². The lowest BCUT2D eigenvalue weighted by Gasteiger charge is -2.04. The lowest BCUT2D eigenvalue weighted by Crippen LogP contribution is -2.05. The largest absolute Gasteiger partial charge is 0.330 e. The van der Waals surface area contributed by atoms with E-state index in [1.807, 2.05) is 0 Å². The molecule has 2 N–H and O–H groups in total. The number of ketones is 1. The van der Waals surface area contributed by atoms with Gasteiger partial charge in [0.15, 0.2) is 0 Å². The Kier molecular flexibility index (Phi) is 4.32. The molecule has 0 atom stereocenters. The smallest absolute Gasteiger partial charge is 0.137 e. The van der Waals surface area contributed by atoms with Gasteiger partial charge in [-0.2, -0.15) is 0 Å². The molecule has 2 heteroatoms. The molecule has 0 fully saturated rings. The maximum absolute atomic E-state index is 11.7. The lowest BCUT2D eigenvalue weighted by molar-refractivity contribution is -0.118. The van der Waals surface area contributed by atoms with Crippen LogP contribution >= 0.6 is 0 Å². The molecule has 1 aliphatic rings. The average Bonchev–Trinajstić information content (AvgIpc) is 2.76. The quantitative estimate of drug-likeness (QED) is 0.764. The maximum atomic E-state index is 11.7. The van der Waals surface area contributed by atoms with Gasteiger partial charge in [0.05, 0.1) is 0 Å². The van der Waals surface area contributed by atoms with Gasteiger partial charge >= 0.3 is 0 Å². The SMILES string of the molecule is NCCCCC(=O)Cc1ccc2c(c1)CCC2. The number of hydrogen-bond donors (Lipinski definition) is 1. The molecule has 0 saturated carbocycles. The van der Waals surface area contributed by atoms with Crippen molar-refractivity contribution in [1.82, 2.24) is 0 Å². The summed E-state index contributed by atoms with van der Waals surface area (Å²) < 4.78 is 0. The first-order valence-electron chi connectivity index (χ1n) is 6.62. The molecule has 1 aromatic carbocycles. The van der Waals surface area contributed by atoms with Crippen molar-refractivity contribution in [3.8, 4) is 0 Å². The second-order valence-electron chi connectivity index (χ2n) is 4.92. The molecule has 1 aromatic rings. The predicted molar refractivity (Wildman–Crippen MR) is 70.1 cm³/mol. The van der Waals surface area contributed by atoms with Gasteiger partial charge in [-0.3, -0.25) is 4.79 Å². The van der Waals surface area contributed by atoms with Gasteiger partial charge in [-0.15, -0.1) is 0 Å². The van der Waals surface area contributed by atoms with Crippen LogP contribution in [-0.4, -0.2) is 12.3 Å². The molecule has 17 heavy (non-hydrogen) atoms. The van der Waals surface area contributed by atoms with E-state index in [2.05, 4.69) is 18.2 Å². The molecular formula is C15H21NO. The molecule has 0 aliphatic heterocycles.